The van der Waals surface area contributed by atoms with Crippen molar-refractivity contribution in [3.8, 4) is 0 Å². The zero-order valence-electron chi connectivity index (χ0n) is 7.48. The first-order valence-electron chi connectivity index (χ1n) is 3.88. The molecule has 0 aromatic carbocycles. The fourth-order valence-electron chi connectivity index (χ4n) is 0.823. The van der Waals surface area contributed by atoms with Gasteiger partial charge in [-0.05, 0) is 13.8 Å². The predicted octanol–water partition coefficient (Wildman–Crippen LogP) is 0.914. The van der Waals surface area contributed by atoms with E-state index in [9.17, 15) is 9.90 Å². The van der Waals surface area contributed by atoms with E-state index in [-0.39, 0.29) is 6.61 Å². The van der Waals surface area contributed by atoms with Gasteiger partial charge in [-0.25, -0.2) is 9.78 Å². The summed E-state index contributed by atoms with van der Waals surface area (Å²) < 4.78 is 4.71. The SMILES string of the molecule is CCOC(=O)C(C)(O)c1nccs1. The maximum absolute atomic E-state index is 11.3. The Kier molecular flexibility index (Phi) is 3.00. The van der Waals surface area contributed by atoms with Crippen LogP contribution in [0.2, 0.25) is 0 Å². The molecular formula is C8H11NO3S. The number of ether oxygens (including phenoxy) is 1. The van der Waals surface area contributed by atoms with E-state index in [2.05, 4.69) is 4.98 Å². The minimum absolute atomic E-state index is 0.250. The van der Waals surface area contributed by atoms with Gasteiger partial charge in [0, 0.05) is 11.6 Å². The van der Waals surface area contributed by atoms with Crippen molar-refractivity contribution < 1.29 is 14.6 Å². The van der Waals surface area contributed by atoms with Crippen molar-refractivity contribution in [1.82, 2.24) is 4.98 Å². The molecule has 13 heavy (non-hydrogen) atoms. The molecule has 1 N–H and O–H groups in total. The number of aromatic nitrogens is 1. The highest BCUT2D eigenvalue weighted by Crippen LogP contribution is 2.23. The van der Waals surface area contributed by atoms with Gasteiger partial charge in [0.15, 0.2) is 0 Å². The van der Waals surface area contributed by atoms with Gasteiger partial charge in [0.2, 0.25) is 5.60 Å². The Morgan fingerprint density at radius 1 is 1.85 bits per heavy atom. The molecule has 1 unspecified atom stereocenters. The first-order valence-corrected chi connectivity index (χ1v) is 4.76. The van der Waals surface area contributed by atoms with Gasteiger partial charge in [-0.15, -0.1) is 11.3 Å². The number of thiazole rings is 1. The topological polar surface area (TPSA) is 59.4 Å². The Hall–Kier alpha value is -0.940. The summed E-state index contributed by atoms with van der Waals surface area (Å²) in [6.45, 7) is 3.32. The van der Waals surface area contributed by atoms with Gasteiger partial charge in [0.05, 0.1) is 6.61 Å². The number of aliphatic hydroxyl groups is 1. The third-order valence-electron chi connectivity index (χ3n) is 1.52. The number of carbonyl (C=O) groups excluding carboxylic acids is 1. The third kappa shape index (κ3) is 2.05. The van der Waals surface area contributed by atoms with E-state index in [1.54, 1.807) is 12.3 Å². The van der Waals surface area contributed by atoms with E-state index < -0.39 is 11.6 Å². The largest absolute Gasteiger partial charge is 0.464 e. The van der Waals surface area contributed by atoms with Crippen molar-refractivity contribution in [1.29, 1.82) is 0 Å². The molecule has 72 valence electrons. The van der Waals surface area contributed by atoms with Gasteiger partial charge in [0.25, 0.3) is 0 Å². The van der Waals surface area contributed by atoms with Crippen molar-refractivity contribution in [2.24, 2.45) is 0 Å². The molecule has 0 radical (unpaired) electrons. The van der Waals surface area contributed by atoms with Crippen LogP contribution in [0, 0.1) is 0 Å². The Morgan fingerprint density at radius 2 is 2.54 bits per heavy atom. The maximum Gasteiger partial charge on any atom is 0.345 e. The van der Waals surface area contributed by atoms with Crippen LogP contribution in [0.4, 0.5) is 0 Å². The summed E-state index contributed by atoms with van der Waals surface area (Å²) in [6.07, 6.45) is 1.54. The second kappa shape index (κ2) is 3.85. The smallest absolute Gasteiger partial charge is 0.345 e. The van der Waals surface area contributed by atoms with E-state index in [1.165, 1.54) is 24.5 Å². The molecule has 1 aromatic rings. The average molecular weight is 201 g/mol. The summed E-state index contributed by atoms with van der Waals surface area (Å²) in [5.74, 6) is -0.662. The number of nitrogens with zero attached hydrogens (tertiary/aromatic N) is 1. The molecule has 4 nitrogen and oxygen atoms in total. The Labute approximate surface area is 80.2 Å². The monoisotopic (exact) mass is 201 g/mol. The molecule has 1 heterocycles. The quantitative estimate of drug-likeness (QED) is 0.738. The van der Waals surface area contributed by atoms with Crippen LogP contribution >= 0.6 is 11.3 Å². The van der Waals surface area contributed by atoms with E-state index in [0.29, 0.717) is 5.01 Å². The van der Waals surface area contributed by atoms with Crippen molar-refractivity contribution in [3.63, 3.8) is 0 Å². The van der Waals surface area contributed by atoms with Crippen LogP contribution in [0.3, 0.4) is 0 Å². The molecule has 1 rings (SSSR count). The van der Waals surface area contributed by atoms with E-state index >= 15 is 0 Å². The summed E-state index contributed by atoms with van der Waals surface area (Å²) in [6, 6.07) is 0. The fourth-order valence-corrected chi connectivity index (χ4v) is 1.51. The van der Waals surface area contributed by atoms with Gasteiger partial charge in [0.1, 0.15) is 5.01 Å². The van der Waals surface area contributed by atoms with E-state index in [0.717, 1.165) is 0 Å². The van der Waals surface area contributed by atoms with Crippen LogP contribution in [0.1, 0.15) is 18.9 Å². The Bertz CT molecular complexity index is 282. The zero-order valence-corrected chi connectivity index (χ0v) is 8.30. The molecule has 1 atom stereocenters. The molecule has 0 bridgehead atoms. The lowest BCUT2D eigenvalue weighted by Crippen LogP contribution is -2.33. The molecule has 1 aromatic heterocycles. The molecule has 0 aliphatic heterocycles. The summed E-state index contributed by atoms with van der Waals surface area (Å²) in [4.78, 5) is 15.1. The second-order valence-corrected chi connectivity index (χ2v) is 3.52. The number of hydrogen-bond donors (Lipinski definition) is 1. The van der Waals surface area contributed by atoms with Crippen LogP contribution in [-0.4, -0.2) is 22.7 Å². The molecule has 0 amide bonds. The second-order valence-electron chi connectivity index (χ2n) is 2.63. The highest BCUT2D eigenvalue weighted by molar-refractivity contribution is 7.09. The standard InChI is InChI=1S/C8H11NO3S/c1-3-12-7(10)8(2,11)6-9-4-5-13-6/h4-5,11H,3H2,1-2H3. The molecule has 5 heteroatoms. The summed E-state index contributed by atoms with van der Waals surface area (Å²) in [5, 5.41) is 11.8. The maximum atomic E-state index is 11.3. The minimum Gasteiger partial charge on any atom is -0.464 e. The van der Waals surface area contributed by atoms with Crippen molar-refractivity contribution in [3.05, 3.63) is 16.6 Å². The Balaban J connectivity index is 2.82. The molecule has 0 spiro atoms. The normalized spacial score (nSPS) is 15.0. The first-order chi connectivity index (χ1) is 6.09. The van der Waals surface area contributed by atoms with Gasteiger partial charge < -0.3 is 9.84 Å². The van der Waals surface area contributed by atoms with Crippen molar-refractivity contribution >= 4 is 17.3 Å². The fraction of sp³-hybridized carbons (Fsp3) is 0.500. The van der Waals surface area contributed by atoms with Crippen LogP contribution in [0.25, 0.3) is 0 Å². The molecular weight excluding hydrogens is 190 g/mol. The van der Waals surface area contributed by atoms with Crippen LogP contribution in [-0.2, 0) is 15.1 Å². The first kappa shape index (κ1) is 10.1. The average Bonchev–Trinajstić information content (AvgIpc) is 2.56. The van der Waals surface area contributed by atoms with Gasteiger partial charge in [-0.2, -0.15) is 0 Å². The van der Waals surface area contributed by atoms with E-state index in [1.807, 2.05) is 0 Å². The summed E-state index contributed by atoms with van der Waals surface area (Å²) >= 11 is 1.22. The van der Waals surface area contributed by atoms with E-state index in [4.69, 9.17) is 4.74 Å². The van der Waals surface area contributed by atoms with Gasteiger partial charge in [-0.3, -0.25) is 0 Å². The molecule has 0 saturated heterocycles. The molecule has 0 saturated carbocycles. The lowest BCUT2D eigenvalue weighted by molar-refractivity contribution is -0.164. The van der Waals surface area contributed by atoms with Gasteiger partial charge >= 0.3 is 5.97 Å². The molecule has 0 fully saturated rings. The number of esters is 1. The van der Waals surface area contributed by atoms with Crippen molar-refractivity contribution in [2.45, 2.75) is 19.4 Å². The minimum atomic E-state index is -1.62. The molecule has 0 aliphatic rings. The highest BCUT2D eigenvalue weighted by Gasteiger charge is 2.36. The highest BCUT2D eigenvalue weighted by atomic mass is 32.1. The predicted molar refractivity (Wildman–Crippen MR) is 48.3 cm³/mol. The van der Waals surface area contributed by atoms with Crippen molar-refractivity contribution in [2.75, 3.05) is 6.61 Å². The van der Waals surface area contributed by atoms with Crippen LogP contribution in [0.15, 0.2) is 11.6 Å². The number of rotatable bonds is 3. The Morgan fingerprint density at radius 3 is 3.00 bits per heavy atom. The number of carbonyl (C=O) groups is 1. The van der Waals surface area contributed by atoms with Gasteiger partial charge in [-0.1, -0.05) is 0 Å². The summed E-state index contributed by atoms with van der Waals surface area (Å²) in [5.41, 5.74) is -1.62. The lowest BCUT2D eigenvalue weighted by atomic mass is 10.1. The van der Waals surface area contributed by atoms with Crippen LogP contribution < -0.4 is 0 Å². The third-order valence-corrected chi connectivity index (χ3v) is 2.51. The summed E-state index contributed by atoms with van der Waals surface area (Å²) in [7, 11) is 0. The number of hydrogen-bond acceptors (Lipinski definition) is 5. The lowest BCUT2D eigenvalue weighted by Gasteiger charge is -2.17. The zero-order chi connectivity index (χ0) is 9.90. The molecule has 0 aliphatic carbocycles. The van der Waals surface area contributed by atoms with Crippen LogP contribution in [0.5, 0.6) is 0 Å².